The second-order valence-electron chi connectivity index (χ2n) is 3.03. The number of rotatable bonds is 5. The molecule has 0 aliphatic carbocycles. The van der Waals surface area contributed by atoms with E-state index in [1.165, 1.54) is 5.70 Å². The summed E-state index contributed by atoms with van der Waals surface area (Å²) < 4.78 is 5.52. The first-order chi connectivity index (χ1) is 5.67. The lowest BCUT2D eigenvalue weighted by Crippen LogP contribution is -2.16. The van der Waals surface area contributed by atoms with Crippen molar-refractivity contribution in [3.8, 4) is 0 Å². The SMILES string of the molecule is CCOC(CC)=C(NC)C(C)C. The van der Waals surface area contributed by atoms with Gasteiger partial charge in [-0.1, -0.05) is 20.8 Å². The van der Waals surface area contributed by atoms with Gasteiger partial charge in [0.05, 0.1) is 12.3 Å². The van der Waals surface area contributed by atoms with E-state index in [1.807, 2.05) is 14.0 Å². The molecule has 0 unspecified atom stereocenters. The van der Waals surface area contributed by atoms with Gasteiger partial charge in [0.15, 0.2) is 0 Å². The number of ether oxygens (including phenoxy) is 1. The van der Waals surface area contributed by atoms with Gasteiger partial charge < -0.3 is 10.1 Å². The van der Waals surface area contributed by atoms with Crippen molar-refractivity contribution in [2.45, 2.75) is 34.1 Å². The van der Waals surface area contributed by atoms with Crippen LogP contribution in [0.2, 0.25) is 0 Å². The van der Waals surface area contributed by atoms with Crippen LogP contribution in [0, 0.1) is 5.92 Å². The van der Waals surface area contributed by atoms with E-state index >= 15 is 0 Å². The largest absolute Gasteiger partial charge is 0.496 e. The van der Waals surface area contributed by atoms with Gasteiger partial charge in [-0.25, -0.2) is 0 Å². The summed E-state index contributed by atoms with van der Waals surface area (Å²) in [6.07, 6.45) is 0.961. The number of hydrogen-bond donors (Lipinski definition) is 1. The van der Waals surface area contributed by atoms with Crippen LogP contribution in [-0.2, 0) is 4.74 Å². The van der Waals surface area contributed by atoms with Gasteiger partial charge in [-0.3, -0.25) is 0 Å². The lowest BCUT2D eigenvalue weighted by molar-refractivity contribution is 0.211. The second kappa shape index (κ2) is 5.92. The van der Waals surface area contributed by atoms with Gasteiger partial charge in [0.1, 0.15) is 5.76 Å². The first kappa shape index (κ1) is 11.3. The lowest BCUT2D eigenvalue weighted by atomic mass is 10.1. The molecule has 2 heteroatoms. The molecule has 0 rings (SSSR count). The molecule has 0 aromatic rings. The van der Waals surface area contributed by atoms with Crippen molar-refractivity contribution < 1.29 is 4.74 Å². The smallest absolute Gasteiger partial charge is 0.115 e. The molecule has 1 N–H and O–H groups in total. The van der Waals surface area contributed by atoms with Crippen LogP contribution in [-0.4, -0.2) is 13.7 Å². The van der Waals surface area contributed by atoms with Crippen molar-refractivity contribution in [1.29, 1.82) is 0 Å². The molecule has 0 fully saturated rings. The molecule has 12 heavy (non-hydrogen) atoms. The molecule has 0 bridgehead atoms. The van der Waals surface area contributed by atoms with E-state index in [0.29, 0.717) is 5.92 Å². The molecule has 0 radical (unpaired) electrons. The third kappa shape index (κ3) is 3.16. The maximum Gasteiger partial charge on any atom is 0.115 e. The highest BCUT2D eigenvalue weighted by Gasteiger charge is 2.07. The average Bonchev–Trinajstić information content (AvgIpc) is 2.03. The molecule has 0 saturated carbocycles. The fourth-order valence-corrected chi connectivity index (χ4v) is 1.29. The number of hydrogen-bond acceptors (Lipinski definition) is 2. The summed E-state index contributed by atoms with van der Waals surface area (Å²) in [6.45, 7) is 9.22. The van der Waals surface area contributed by atoms with Crippen LogP contribution in [0.1, 0.15) is 34.1 Å². The Morgan fingerprint density at radius 2 is 1.92 bits per heavy atom. The molecular weight excluding hydrogens is 150 g/mol. The monoisotopic (exact) mass is 171 g/mol. The highest BCUT2D eigenvalue weighted by molar-refractivity contribution is 5.08. The van der Waals surface area contributed by atoms with Gasteiger partial charge in [-0.2, -0.15) is 0 Å². The van der Waals surface area contributed by atoms with Crippen molar-refractivity contribution in [3.05, 3.63) is 11.5 Å². The first-order valence-electron chi connectivity index (χ1n) is 4.70. The van der Waals surface area contributed by atoms with Crippen molar-refractivity contribution in [2.75, 3.05) is 13.7 Å². The summed E-state index contributed by atoms with van der Waals surface area (Å²) in [5.74, 6) is 1.60. The van der Waals surface area contributed by atoms with E-state index in [-0.39, 0.29) is 0 Å². The standard InChI is InChI=1S/C10H21NO/c1-6-9(12-7-2)10(11-5)8(3)4/h8,11H,6-7H2,1-5H3. The van der Waals surface area contributed by atoms with Gasteiger partial charge in [-0.15, -0.1) is 0 Å². The van der Waals surface area contributed by atoms with E-state index in [9.17, 15) is 0 Å². The zero-order valence-corrected chi connectivity index (χ0v) is 8.90. The minimum absolute atomic E-state index is 0.511. The molecule has 0 atom stereocenters. The summed E-state index contributed by atoms with van der Waals surface area (Å²) in [5.41, 5.74) is 1.22. The van der Waals surface area contributed by atoms with Crippen LogP contribution in [0.15, 0.2) is 11.5 Å². The summed E-state index contributed by atoms with van der Waals surface area (Å²) >= 11 is 0. The Hall–Kier alpha value is -0.660. The van der Waals surface area contributed by atoms with Crippen molar-refractivity contribution in [1.82, 2.24) is 5.32 Å². The average molecular weight is 171 g/mol. The third-order valence-electron chi connectivity index (χ3n) is 1.79. The molecule has 0 aromatic heterocycles. The van der Waals surface area contributed by atoms with E-state index in [2.05, 4.69) is 26.1 Å². The van der Waals surface area contributed by atoms with E-state index in [4.69, 9.17) is 4.74 Å². The molecule has 0 aliphatic rings. The molecular formula is C10H21NO. The zero-order valence-electron chi connectivity index (χ0n) is 8.90. The Bertz CT molecular complexity index is 150. The van der Waals surface area contributed by atoms with Crippen molar-refractivity contribution in [2.24, 2.45) is 5.92 Å². The minimum atomic E-state index is 0.511. The van der Waals surface area contributed by atoms with Crippen molar-refractivity contribution >= 4 is 0 Å². The summed E-state index contributed by atoms with van der Waals surface area (Å²) in [4.78, 5) is 0. The van der Waals surface area contributed by atoms with Crippen LogP contribution in [0.4, 0.5) is 0 Å². The van der Waals surface area contributed by atoms with Gasteiger partial charge in [0.2, 0.25) is 0 Å². The van der Waals surface area contributed by atoms with Gasteiger partial charge in [0.25, 0.3) is 0 Å². The van der Waals surface area contributed by atoms with Crippen LogP contribution >= 0.6 is 0 Å². The Kier molecular flexibility index (Phi) is 5.60. The molecule has 72 valence electrons. The van der Waals surface area contributed by atoms with Crippen molar-refractivity contribution in [3.63, 3.8) is 0 Å². The fraction of sp³-hybridized carbons (Fsp3) is 0.800. The van der Waals surface area contributed by atoms with E-state index < -0.39 is 0 Å². The van der Waals surface area contributed by atoms with Crippen LogP contribution < -0.4 is 5.32 Å². The maximum atomic E-state index is 5.52. The highest BCUT2D eigenvalue weighted by Crippen LogP contribution is 2.15. The van der Waals surface area contributed by atoms with Gasteiger partial charge in [0, 0.05) is 13.5 Å². The molecule has 0 heterocycles. The molecule has 0 spiro atoms. The second-order valence-corrected chi connectivity index (χ2v) is 3.03. The highest BCUT2D eigenvalue weighted by atomic mass is 16.5. The van der Waals surface area contributed by atoms with Gasteiger partial charge >= 0.3 is 0 Å². The molecule has 0 aliphatic heterocycles. The van der Waals surface area contributed by atoms with E-state index in [0.717, 1.165) is 18.8 Å². The molecule has 0 amide bonds. The Balaban J connectivity index is 4.49. The molecule has 0 saturated heterocycles. The molecule has 0 aromatic carbocycles. The fourth-order valence-electron chi connectivity index (χ4n) is 1.29. The Morgan fingerprint density at radius 1 is 1.33 bits per heavy atom. The summed E-state index contributed by atoms with van der Waals surface area (Å²) in [6, 6.07) is 0. The number of nitrogens with one attached hydrogen (secondary N) is 1. The first-order valence-corrected chi connectivity index (χ1v) is 4.70. The topological polar surface area (TPSA) is 21.3 Å². The summed E-state index contributed by atoms with van der Waals surface area (Å²) in [5, 5.41) is 3.19. The van der Waals surface area contributed by atoms with Crippen LogP contribution in [0.3, 0.4) is 0 Å². The lowest BCUT2D eigenvalue weighted by Gasteiger charge is -2.16. The van der Waals surface area contributed by atoms with Crippen LogP contribution in [0.25, 0.3) is 0 Å². The quantitative estimate of drug-likeness (QED) is 0.642. The normalized spacial score (nSPS) is 12.8. The predicted molar refractivity (Wildman–Crippen MR) is 52.8 cm³/mol. The zero-order chi connectivity index (χ0) is 9.56. The van der Waals surface area contributed by atoms with Crippen LogP contribution in [0.5, 0.6) is 0 Å². The van der Waals surface area contributed by atoms with Gasteiger partial charge in [-0.05, 0) is 12.8 Å². The predicted octanol–water partition coefficient (Wildman–Crippen LogP) is 2.52. The third-order valence-corrected chi connectivity index (χ3v) is 1.79. The van der Waals surface area contributed by atoms with E-state index in [1.54, 1.807) is 0 Å². The number of allylic oxidation sites excluding steroid dienone is 2. The minimum Gasteiger partial charge on any atom is -0.496 e. The Morgan fingerprint density at radius 3 is 2.17 bits per heavy atom. The maximum absolute atomic E-state index is 5.52. The molecule has 2 nitrogen and oxygen atoms in total. The Labute approximate surface area is 76.0 Å². The summed E-state index contributed by atoms with van der Waals surface area (Å²) in [7, 11) is 1.95.